The zero-order valence-electron chi connectivity index (χ0n) is 15.7. The number of carbonyl (C=O) groups excluding carboxylic acids is 1. The van der Waals surface area contributed by atoms with Gasteiger partial charge in [0.2, 0.25) is 0 Å². The van der Waals surface area contributed by atoms with E-state index in [2.05, 4.69) is 20.5 Å². The zero-order valence-corrected chi connectivity index (χ0v) is 16.5. The molecule has 0 saturated carbocycles. The Morgan fingerprint density at radius 1 is 1.30 bits per heavy atom. The summed E-state index contributed by atoms with van der Waals surface area (Å²) in [6, 6.07) is 1.83. The Morgan fingerprint density at radius 3 is 2.85 bits per heavy atom. The lowest BCUT2D eigenvalue weighted by atomic mass is 10.0. The fourth-order valence-electron chi connectivity index (χ4n) is 3.43. The molecule has 1 N–H and O–H groups in total. The van der Waals surface area contributed by atoms with Crippen LogP contribution in [0.5, 0.6) is 0 Å². The van der Waals surface area contributed by atoms with E-state index in [0.29, 0.717) is 6.54 Å². The second-order valence-corrected chi connectivity index (χ2v) is 7.89. The van der Waals surface area contributed by atoms with E-state index >= 15 is 0 Å². The third kappa shape index (κ3) is 3.68. The minimum absolute atomic E-state index is 0.0488. The molecule has 0 bridgehead atoms. The van der Waals surface area contributed by atoms with Crippen molar-refractivity contribution in [1.29, 1.82) is 0 Å². The molecule has 4 heterocycles. The molecule has 0 unspecified atom stereocenters. The Hall–Kier alpha value is -2.45. The Morgan fingerprint density at radius 2 is 2.15 bits per heavy atom. The van der Waals surface area contributed by atoms with Crippen LogP contribution in [0.25, 0.3) is 0 Å². The van der Waals surface area contributed by atoms with Gasteiger partial charge in [-0.05, 0) is 32.8 Å². The minimum Gasteiger partial charge on any atom is -0.361 e. The maximum Gasteiger partial charge on any atom is 0.252 e. The fraction of sp³-hybridized carbons (Fsp3) is 0.421. The predicted molar refractivity (Wildman–Crippen MR) is 101 cm³/mol. The average Bonchev–Trinajstić information content (AvgIpc) is 3.34. The lowest BCUT2D eigenvalue weighted by molar-refractivity contribution is 0.0948. The van der Waals surface area contributed by atoms with Gasteiger partial charge in [0.05, 0.1) is 17.8 Å². The van der Waals surface area contributed by atoms with Gasteiger partial charge >= 0.3 is 0 Å². The van der Waals surface area contributed by atoms with Crippen molar-refractivity contribution in [3.63, 3.8) is 0 Å². The molecule has 27 heavy (non-hydrogen) atoms. The van der Waals surface area contributed by atoms with Crippen molar-refractivity contribution < 1.29 is 13.8 Å². The summed E-state index contributed by atoms with van der Waals surface area (Å²) in [5, 5.41) is 12.8. The molecule has 0 spiro atoms. The molecule has 1 aliphatic heterocycles. The number of aryl methyl sites for hydroxylation is 3. The van der Waals surface area contributed by atoms with Gasteiger partial charge in [0.1, 0.15) is 17.2 Å². The smallest absolute Gasteiger partial charge is 0.252 e. The van der Waals surface area contributed by atoms with Gasteiger partial charge < -0.3 is 14.4 Å². The van der Waals surface area contributed by atoms with E-state index in [0.717, 1.165) is 60.1 Å². The van der Waals surface area contributed by atoms with Crippen molar-refractivity contribution in [3.05, 3.63) is 55.9 Å². The van der Waals surface area contributed by atoms with Crippen molar-refractivity contribution in [2.75, 3.05) is 6.54 Å². The number of nitrogens with zero attached hydrogens (tertiary/aromatic N) is 3. The third-order valence-electron chi connectivity index (χ3n) is 4.94. The van der Waals surface area contributed by atoms with E-state index in [9.17, 15) is 4.79 Å². The van der Waals surface area contributed by atoms with Crippen molar-refractivity contribution >= 4 is 17.2 Å². The lowest BCUT2D eigenvalue weighted by Crippen LogP contribution is -2.31. The Balaban J connectivity index is 1.41. The van der Waals surface area contributed by atoms with Crippen molar-refractivity contribution in [1.82, 2.24) is 20.5 Å². The van der Waals surface area contributed by atoms with E-state index in [-0.39, 0.29) is 5.91 Å². The number of nitrogens with one attached hydrogen (secondary N) is 1. The summed E-state index contributed by atoms with van der Waals surface area (Å²) in [6.45, 7) is 8.72. The van der Waals surface area contributed by atoms with Crippen molar-refractivity contribution in [3.8, 4) is 0 Å². The van der Waals surface area contributed by atoms with Gasteiger partial charge in [-0.3, -0.25) is 9.69 Å². The molecular weight excluding hydrogens is 364 g/mol. The highest BCUT2D eigenvalue weighted by Gasteiger charge is 2.25. The third-order valence-corrected chi connectivity index (χ3v) is 5.95. The number of rotatable bonds is 5. The first-order valence-corrected chi connectivity index (χ1v) is 9.83. The largest absolute Gasteiger partial charge is 0.361 e. The van der Waals surface area contributed by atoms with E-state index in [1.165, 1.54) is 10.4 Å². The van der Waals surface area contributed by atoms with E-state index in [4.69, 9.17) is 9.05 Å². The van der Waals surface area contributed by atoms with Crippen LogP contribution in [-0.4, -0.2) is 27.7 Å². The molecule has 142 valence electrons. The number of hydrogen-bond donors (Lipinski definition) is 1. The molecule has 3 aromatic rings. The van der Waals surface area contributed by atoms with E-state index in [1.807, 2.05) is 32.2 Å². The molecule has 0 radical (unpaired) electrons. The Labute approximate surface area is 161 Å². The van der Waals surface area contributed by atoms with Gasteiger partial charge in [0.25, 0.3) is 5.91 Å². The van der Waals surface area contributed by atoms with Crippen LogP contribution in [-0.2, 0) is 26.1 Å². The second kappa shape index (κ2) is 7.28. The maximum atomic E-state index is 12.6. The summed E-state index contributed by atoms with van der Waals surface area (Å²) in [4.78, 5) is 16.2. The monoisotopic (exact) mass is 386 g/mol. The maximum absolute atomic E-state index is 12.6. The Bertz CT molecular complexity index is 952. The molecule has 1 amide bonds. The van der Waals surface area contributed by atoms with Crippen LogP contribution < -0.4 is 5.32 Å². The molecule has 0 fully saturated rings. The molecule has 1 aliphatic rings. The number of carbonyl (C=O) groups is 1. The summed E-state index contributed by atoms with van der Waals surface area (Å²) in [7, 11) is 0. The van der Waals surface area contributed by atoms with Crippen LogP contribution in [0.2, 0.25) is 0 Å². The highest BCUT2D eigenvalue weighted by molar-refractivity contribution is 7.10. The average molecular weight is 386 g/mol. The van der Waals surface area contributed by atoms with Crippen molar-refractivity contribution in [2.45, 2.75) is 46.8 Å². The molecular formula is C19H22N4O3S. The summed E-state index contributed by atoms with van der Waals surface area (Å²) < 4.78 is 10.3. The first-order chi connectivity index (χ1) is 13.0. The number of aromatic nitrogens is 2. The summed E-state index contributed by atoms with van der Waals surface area (Å²) >= 11 is 1.66. The quantitative estimate of drug-likeness (QED) is 0.725. The normalized spacial score (nSPS) is 14.3. The van der Waals surface area contributed by atoms with Gasteiger partial charge in [-0.2, -0.15) is 0 Å². The topological polar surface area (TPSA) is 84.4 Å². The molecule has 8 heteroatoms. The first kappa shape index (κ1) is 17.9. The number of hydrogen-bond acceptors (Lipinski definition) is 7. The number of fused-ring (bicyclic) bond motifs is 1. The molecule has 0 atom stereocenters. The predicted octanol–water partition coefficient (Wildman–Crippen LogP) is 3.14. The lowest BCUT2D eigenvalue weighted by Gasteiger charge is -2.27. The van der Waals surface area contributed by atoms with E-state index < -0.39 is 0 Å². The fourth-order valence-corrected chi connectivity index (χ4v) is 4.55. The molecule has 0 aromatic carbocycles. The molecule has 3 aromatic heterocycles. The van der Waals surface area contributed by atoms with Crippen molar-refractivity contribution in [2.24, 2.45) is 0 Å². The van der Waals surface area contributed by atoms with Gasteiger partial charge in [-0.15, -0.1) is 11.3 Å². The molecule has 4 rings (SSSR count). The zero-order chi connectivity index (χ0) is 19.0. The number of thiophene rings is 1. The Kier molecular flexibility index (Phi) is 4.84. The first-order valence-electron chi connectivity index (χ1n) is 8.95. The number of amides is 1. The molecule has 0 aliphatic carbocycles. The van der Waals surface area contributed by atoms with Gasteiger partial charge in [0, 0.05) is 41.5 Å². The second-order valence-electron chi connectivity index (χ2n) is 6.93. The van der Waals surface area contributed by atoms with Crippen LogP contribution in [0.1, 0.15) is 49.3 Å². The molecule has 0 saturated heterocycles. The van der Waals surface area contributed by atoms with Crippen LogP contribution in [0, 0.1) is 20.8 Å². The minimum atomic E-state index is -0.0488. The molecule has 7 nitrogen and oxygen atoms in total. The summed E-state index contributed by atoms with van der Waals surface area (Å²) in [5.41, 5.74) is 4.80. The summed E-state index contributed by atoms with van der Waals surface area (Å²) in [6.07, 6.45) is 0.869. The highest BCUT2D eigenvalue weighted by atomic mass is 32.1. The van der Waals surface area contributed by atoms with Crippen LogP contribution in [0.15, 0.2) is 20.5 Å². The van der Waals surface area contributed by atoms with Gasteiger partial charge in [-0.1, -0.05) is 10.3 Å². The highest BCUT2D eigenvalue weighted by Crippen LogP contribution is 2.30. The van der Waals surface area contributed by atoms with Crippen LogP contribution in [0.3, 0.4) is 0 Å². The van der Waals surface area contributed by atoms with Crippen LogP contribution in [0.4, 0.5) is 0 Å². The van der Waals surface area contributed by atoms with Gasteiger partial charge in [0.15, 0.2) is 0 Å². The van der Waals surface area contributed by atoms with Crippen LogP contribution >= 0.6 is 11.3 Å². The van der Waals surface area contributed by atoms with Gasteiger partial charge in [-0.25, -0.2) is 0 Å². The SMILES string of the molecule is Cc1cc(CNC(=O)c2csc3c2CCN(Cc2c(C)noc2C)C3)no1. The van der Waals surface area contributed by atoms with E-state index in [1.54, 1.807) is 11.3 Å². The summed E-state index contributed by atoms with van der Waals surface area (Å²) in [5.74, 6) is 1.57. The standard InChI is InChI=1S/C19H22N4O3S/c1-11-6-14(22-25-11)7-20-19(24)17-10-27-18-9-23(5-4-15(17)18)8-16-12(2)21-26-13(16)3/h6,10H,4-5,7-9H2,1-3H3,(H,20,24).